The smallest absolute Gasteiger partial charge is 0.322 e. The van der Waals surface area contributed by atoms with Crippen molar-refractivity contribution in [3.63, 3.8) is 0 Å². The van der Waals surface area contributed by atoms with Gasteiger partial charge in [0.25, 0.3) is 10.2 Å². The van der Waals surface area contributed by atoms with E-state index in [4.69, 9.17) is 19.6 Å². The largest absolute Gasteiger partial charge is 0.374 e. The van der Waals surface area contributed by atoms with Crippen LogP contribution in [0.5, 0.6) is 0 Å². The third-order valence-corrected chi connectivity index (χ3v) is 12.2. The molecule has 0 aromatic rings. The van der Waals surface area contributed by atoms with Crippen molar-refractivity contribution in [1.29, 1.82) is 0 Å². The molecule has 4 unspecified atom stereocenters. The molecule has 0 saturated carbocycles. The molecule has 4 atom stereocenters. The molecule has 6 N–H and O–H groups in total. The van der Waals surface area contributed by atoms with E-state index in [1.807, 2.05) is 0 Å². The molecule has 1 heterocycles. The molecule has 20 heavy (non-hydrogen) atoms. The average Bonchev–Trinajstić information content (AvgIpc) is 2.09. The van der Waals surface area contributed by atoms with Crippen molar-refractivity contribution in [2.45, 2.75) is 24.0 Å². The Morgan fingerprint density at radius 2 is 1.00 bits per heavy atom. The standard InChI is InChI=1S/C4H12O12P4/c1-3(17(5,6)7)15-20(13,14)4(2,18(8,9)10)16-19(3,11)12/h1-2H3,(H,11,12)(H,13,14)(H2,5,6,7)(H2,8,9,10). The highest BCUT2D eigenvalue weighted by atomic mass is 31.3. The molecule has 1 aliphatic heterocycles. The first-order valence-corrected chi connectivity index (χ1v) is 11.0. The topological polar surface area (TPSA) is 208 Å². The highest BCUT2D eigenvalue weighted by Crippen LogP contribution is 2.88. The van der Waals surface area contributed by atoms with Crippen molar-refractivity contribution < 1.29 is 56.7 Å². The van der Waals surface area contributed by atoms with Crippen molar-refractivity contribution in [2.24, 2.45) is 0 Å². The molecule has 0 aromatic carbocycles. The molecule has 0 aliphatic carbocycles. The van der Waals surface area contributed by atoms with Crippen LogP contribution in [0.3, 0.4) is 0 Å². The Labute approximate surface area is 112 Å². The summed E-state index contributed by atoms with van der Waals surface area (Å²) < 4.78 is 54.3. The van der Waals surface area contributed by atoms with Crippen LogP contribution in [0.25, 0.3) is 0 Å². The lowest BCUT2D eigenvalue weighted by molar-refractivity contribution is 0.0531. The minimum atomic E-state index is -5.61. The zero-order chi connectivity index (χ0) is 16.4. The third-order valence-electron chi connectivity index (χ3n) is 2.72. The van der Waals surface area contributed by atoms with Gasteiger partial charge in [0.1, 0.15) is 0 Å². The highest BCUT2D eigenvalue weighted by molar-refractivity contribution is 7.78. The summed E-state index contributed by atoms with van der Waals surface area (Å²) in [5, 5.41) is -6.86. The Morgan fingerprint density at radius 3 is 1.15 bits per heavy atom. The molecular weight excluding hydrogens is 364 g/mol. The predicted molar refractivity (Wildman–Crippen MR) is 62.7 cm³/mol. The van der Waals surface area contributed by atoms with Crippen LogP contribution in [0.1, 0.15) is 13.8 Å². The Morgan fingerprint density at radius 1 is 0.800 bits per heavy atom. The SMILES string of the molecule is CC1(P(=O)(O)O)OP(=O)(O)C(C)(P(=O)(O)O)OP1(=O)O. The van der Waals surface area contributed by atoms with Gasteiger partial charge in [0.2, 0.25) is 0 Å². The third kappa shape index (κ3) is 2.44. The van der Waals surface area contributed by atoms with Crippen LogP contribution in [-0.2, 0) is 27.3 Å². The van der Waals surface area contributed by atoms with E-state index in [9.17, 15) is 28.0 Å². The maximum atomic E-state index is 11.8. The van der Waals surface area contributed by atoms with Gasteiger partial charge >= 0.3 is 30.4 Å². The molecule has 120 valence electrons. The minimum absolute atomic E-state index is 0.330. The summed E-state index contributed by atoms with van der Waals surface area (Å²) in [5.41, 5.74) is 0. The van der Waals surface area contributed by atoms with Crippen molar-refractivity contribution in [2.75, 3.05) is 0 Å². The van der Waals surface area contributed by atoms with E-state index in [0.29, 0.717) is 13.8 Å². The van der Waals surface area contributed by atoms with Crippen LogP contribution in [0.4, 0.5) is 0 Å². The first-order chi connectivity index (χ1) is 8.41. The summed E-state index contributed by atoms with van der Waals surface area (Å²) in [6, 6.07) is 0. The summed E-state index contributed by atoms with van der Waals surface area (Å²) in [4.78, 5) is 55.0. The van der Waals surface area contributed by atoms with Crippen molar-refractivity contribution in [3.05, 3.63) is 0 Å². The summed E-state index contributed by atoms with van der Waals surface area (Å²) in [6.45, 7) is 0.660. The van der Waals surface area contributed by atoms with Gasteiger partial charge in [0.15, 0.2) is 0 Å². The molecule has 0 bridgehead atoms. The Kier molecular flexibility index (Phi) is 4.24. The monoisotopic (exact) mass is 376 g/mol. The first kappa shape index (κ1) is 18.6. The average molecular weight is 376 g/mol. The van der Waals surface area contributed by atoms with Gasteiger partial charge in [-0.2, -0.15) is 0 Å². The predicted octanol–water partition coefficient (Wildman–Crippen LogP) is 0.107. The van der Waals surface area contributed by atoms with Gasteiger partial charge in [-0.1, -0.05) is 0 Å². The van der Waals surface area contributed by atoms with Crippen LogP contribution in [-0.4, -0.2) is 39.5 Å². The second-order valence-corrected chi connectivity index (χ2v) is 12.9. The van der Waals surface area contributed by atoms with Crippen molar-refractivity contribution in [1.82, 2.24) is 0 Å². The molecule has 0 aromatic heterocycles. The van der Waals surface area contributed by atoms with Gasteiger partial charge in [-0.15, -0.1) is 0 Å². The number of hydrogen-bond donors (Lipinski definition) is 6. The summed E-state index contributed by atoms with van der Waals surface area (Å²) in [5.74, 6) is 0. The molecule has 0 radical (unpaired) electrons. The second kappa shape index (κ2) is 4.55. The van der Waals surface area contributed by atoms with E-state index in [0.717, 1.165) is 0 Å². The highest BCUT2D eigenvalue weighted by Gasteiger charge is 2.76. The fraction of sp³-hybridized carbons (Fsp3) is 1.00. The maximum Gasteiger partial charge on any atom is 0.374 e. The van der Waals surface area contributed by atoms with E-state index < -0.39 is 40.5 Å². The Hall–Kier alpha value is 0.600. The van der Waals surface area contributed by atoms with E-state index in [2.05, 4.69) is 9.05 Å². The van der Waals surface area contributed by atoms with Crippen LogP contribution in [0, 0.1) is 0 Å². The Bertz CT molecular complexity index is 559. The van der Waals surface area contributed by atoms with Crippen LogP contribution >= 0.6 is 30.4 Å². The zero-order valence-corrected chi connectivity index (χ0v) is 13.5. The van der Waals surface area contributed by atoms with E-state index in [1.165, 1.54) is 0 Å². The molecule has 0 amide bonds. The summed E-state index contributed by atoms with van der Waals surface area (Å²) >= 11 is 0. The van der Waals surface area contributed by atoms with E-state index >= 15 is 0 Å². The van der Waals surface area contributed by atoms with Crippen LogP contribution in [0.2, 0.25) is 0 Å². The van der Waals surface area contributed by atoms with E-state index in [1.54, 1.807) is 0 Å². The van der Waals surface area contributed by atoms with Crippen LogP contribution in [0.15, 0.2) is 0 Å². The molecule has 12 nitrogen and oxygen atoms in total. The van der Waals surface area contributed by atoms with Gasteiger partial charge in [-0.25, -0.2) is 0 Å². The maximum absolute atomic E-state index is 11.8. The zero-order valence-electron chi connectivity index (χ0n) is 9.92. The quantitative estimate of drug-likeness (QED) is 0.355. The molecule has 1 fully saturated rings. The van der Waals surface area contributed by atoms with Gasteiger partial charge in [-0.05, 0) is 13.8 Å². The molecular formula is C4H12O12P4. The van der Waals surface area contributed by atoms with Crippen molar-refractivity contribution in [3.8, 4) is 0 Å². The lowest BCUT2D eigenvalue weighted by Crippen LogP contribution is -2.42. The normalized spacial score (nSPS) is 47.2. The number of rotatable bonds is 2. The number of hydrogen-bond acceptors (Lipinski definition) is 6. The van der Waals surface area contributed by atoms with Gasteiger partial charge in [0.05, 0.1) is 0 Å². The fourth-order valence-electron chi connectivity index (χ4n) is 1.18. The first-order valence-electron chi connectivity index (χ1n) is 4.60. The molecule has 16 heteroatoms. The van der Waals surface area contributed by atoms with E-state index in [-0.39, 0.29) is 0 Å². The fourth-order valence-corrected chi connectivity index (χ4v) is 8.34. The summed E-state index contributed by atoms with van der Waals surface area (Å²) in [7, 11) is -22.3. The van der Waals surface area contributed by atoms with Gasteiger partial charge in [-0.3, -0.25) is 27.3 Å². The second-order valence-electron chi connectivity index (χ2n) is 4.18. The Balaban J connectivity index is 3.61. The molecule has 0 spiro atoms. The van der Waals surface area contributed by atoms with Gasteiger partial charge in [0, 0.05) is 0 Å². The molecule has 1 aliphatic rings. The lowest BCUT2D eigenvalue weighted by atomic mass is 10.8. The summed E-state index contributed by atoms with van der Waals surface area (Å²) in [6.07, 6.45) is 0. The molecule has 1 saturated heterocycles. The van der Waals surface area contributed by atoms with Crippen molar-refractivity contribution >= 4 is 30.4 Å². The molecule has 1 rings (SSSR count). The minimum Gasteiger partial charge on any atom is -0.322 e. The van der Waals surface area contributed by atoms with Crippen LogP contribution < -0.4 is 0 Å². The van der Waals surface area contributed by atoms with Gasteiger partial charge < -0.3 is 29.4 Å². The lowest BCUT2D eigenvalue weighted by Gasteiger charge is -2.46.